The molecule has 3 nitrogen and oxygen atoms in total. The number of para-hydroxylation sites is 2. The molecule has 0 unspecified atom stereocenters. The van der Waals surface area contributed by atoms with Crippen molar-refractivity contribution in [3.05, 3.63) is 109 Å². The molecule has 148 valence electrons. The topological polar surface area (TPSA) is 23.4 Å². The summed E-state index contributed by atoms with van der Waals surface area (Å²) >= 11 is 0. The van der Waals surface area contributed by atoms with E-state index in [9.17, 15) is 0 Å². The van der Waals surface area contributed by atoms with Gasteiger partial charge >= 0.3 is 0 Å². The van der Waals surface area contributed by atoms with Crippen molar-refractivity contribution >= 4 is 21.8 Å². The molecule has 0 aliphatic carbocycles. The number of hydrogen-bond donors (Lipinski definition) is 0. The molecule has 30 heavy (non-hydrogen) atoms. The van der Waals surface area contributed by atoms with E-state index in [-0.39, 0.29) is 0 Å². The van der Waals surface area contributed by atoms with Crippen LogP contribution in [0.5, 0.6) is 11.5 Å². The second-order valence-electron chi connectivity index (χ2n) is 7.28. The van der Waals surface area contributed by atoms with E-state index < -0.39 is 0 Å². The highest BCUT2D eigenvalue weighted by Crippen LogP contribution is 2.28. The maximum absolute atomic E-state index is 6.02. The normalized spacial score (nSPS) is 11.1. The summed E-state index contributed by atoms with van der Waals surface area (Å²) < 4.78 is 14.2. The van der Waals surface area contributed by atoms with Gasteiger partial charge in [0, 0.05) is 21.8 Å². The molecule has 0 spiro atoms. The summed E-state index contributed by atoms with van der Waals surface area (Å²) in [5.41, 5.74) is 3.64. The SMILES string of the molecule is c1ccc(COc2ccc(OCCn3c4ccccc4c4ccccc43)cc2)cc1. The largest absolute Gasteiger partial charge is 0.492 e. The predicted molar refractivity (Wildman–Crippen MR) is 122 cm³/mol. The van der Waals surface area contributed by atoms with E-state index in [1.165, 1.54) is 21.8 Å². The van der Waals surface area contributed by atoms with E-state index in [1.54, 1.807) is 0 Å². The van der Waals surface area contributed by atoms with Crippen molar-refractivity contribution in [2.75, 3.05) is 6.61 Å². The van der Waals surface area contributed by atoms with Crippen LogP contribution in [0.2, 0.25) is 0 Å². The Morgan fingerprint density at radius 1 is 0.533 bits per heavy atom. The molecule has 0 N–H and O–H groups in total. The molecule has 4 aromatic carbocycles. The number of ether oxygens (including phenoxy) is 2. The molecular formula is C27H23NO2. The van der Waals surface area contributed by atoms with Crippen molar-refractivity contribution in [1.29, 1.82) is 0 Å². The lowest BCUT2D eigenvalue weighted by molar-refractivity contribution is 0.295. The fourth-order valence-corrected chi connectivity index (χ4v) is 3.87. The van der Waals surface area contributed by atoms with Crippen LogP contribution in [0, 0.1) is 0 Å². The van der Waals surface area contributed by atoms with Crippen LogP contribution in [0.25, 0.3) is 21.8 Å². The number of benzene rings is 4. The van der Waals surface area contributed by atoms with Crippen molar-refractivity contribution in [2.24, 2.45) is 0 Å². The standard InChI is InChI=1S/C27H23NO2/c1-2-8-21(9-3-1)20-30-23-16-14-22(15-17-23)29-19-18-28-26-12-6-4-10-24(26)25-11-5-7-13-27(25)28/h1-17H,18-20H2. The van der Waals surface area contributed by atoms with Gasteiger partial charge in [0.15, 0.2) is 0 Å². The van der Waals surface area contributed by atoms with Crippen LogP contribution < -0.4 is 9.47 Å². The van der Waals surface area contributed by atoms with Gasteiger partial charge in [-0.05, 0) is 42.0 Å². The van der Waals surface area contributed by atoms with Gasteiger partial charge in [0.05, 0.1) is 6.54 Å². The zero-order valence-electron chi connectivity index (χ0n) is 16.7. The first-order valence-corrected chi connectivity index (χ1v) is 10.2. The first-order valence-electron chi connectivity index (χ1n) is 10.2. The molecular weight excluding hydrogens is 370 g/mol. The van der Waals surface area contributed by atoms with Crippen molar-refractivity contribution in [3.8, 4) is 11.5 Å². The van der Waals surface area contributed by atoms with E-state index in [1.807, 2.05) is 42.5 Å². The third kappa shape index (κ3) is 3.74. The average molecular weight is 393 g/mol. The van der Waals surface area contributed by atoms with Crippen molar-refractivity contribution in [3.63, 3.8) is 0 Å². The third-order valence-electron chi connectivity index (χ3n) is 5.34. The van der Waals surface area contributed by atoms with Crippen LogP contribution in [0.3, 0.4) is 0 Å². The second kappa shape index (κ2) is 8.34. The number of aromatic nitrogens is 1. The summed E-state index contributed by atoms with van der Waals surface area (Å²) in [5, 5.41) is 2.57. The molecule has 0 bridgehead atoms. The Hall–Kier alpha value is -3.72. The lowest BCUT2D eigenvalue weighted by Gasteiger charge is -2.11. The molecule has 0 aliphatic heterocycles. The minimum absolute atomic E-state index is 0.564. The van der Waals surface area contributed by atoms with Gasteiger partial charge in [-0.25, -0.2) is 0 Å². The predicted octanol–water partition coefficient (Wildman–Crippen LogP) is 6.45. The molecule has 1 heterocycles. The maximum Gasteiger partial charge on any atom is 0.120 e. The fraction of sp³-hybridized carbons (Fsp3) is 0.111. The summed E-state index contributed by atoms with van der Waals surface area (Å²) in [6.07, 6.45) is 0. The zero-order valence-corrected chi connectivity index (χ0v) is 16.7. The lowest BCUT2D eigenvalue weighted by atomic mass is 10.2. The van der Waals surface area contributed by atoms with E-state index in [2.05, 4.69) is 65.2 Å². The Morgan fingerprint density at radius 2 is 1.07 bits per heavy atom. The van der Waals surface area contributed by atoms with Crippen molar-refractivity contribution in [1.82, 2.24) is 4.57 Å². The Labute approximate surface area is 176 Å². The van der Waals surface area contributed by atoms with Gasteiger partial charge in [-0.3, -0.25) is 0 Å². The molecule has 0 aliphatic rings. The van der Waals surface area contributed by atoms with Gasteiger partial charge < -0.3 is 14.0 Å². The summed E-state index contributed by atoms with van der Waals surface area (Å²) in [6.45, 7) is 1.96. The van der Waals surface area contributed by atoms with E-state index in [0.29, 0.717) is 13.2 Å². The van der Waals surface area contributed by atoms with Gasteiger partial charge in [-0.1, -0.05) is 66.7 Å². The van der Waals surface area contributed by atoms with Gasteiger partial charge in [0.25, 0.3) is 0 Å². The first-order chi connectivity index (χ1) is 14.9. The van der Waals surface area contributed by atoms with Crippen molar-refractivity contribution < 1.29 is 9.47 Å². The summed E-state index contributed by atoms with van der Waals surface area (Å²) in [5.74, 6) is 1.69. The van der Waals surface area contributed by atoms with Crippen LogP contribution in [0.1, 0.15) is 5.56 Å². The van der Waals surface area contributed by atoms with Crippen LogP contribution in [0.15, 0.2) is 103 Å². The average Bonchev–Trinajstić information content (AvgIpc) is 3.13. The molecule has 5 rings (SSSR count). The Bertz CT molecular complexity index is 1200. The highest BCUT2D eigenvalue weighted by Gasteiger charge is 2.09. The molecule has 0 saturated carbocycles. The van der Waals surface area contributed by atoms with Gasteiger partial charge in [0.2, 0.25) is 0 Å². The fourth-order valence-electron chi connectivity index (χ4n) is 3.87. The molecule has 5 aromatic rings. The van der Waals surface area contributed by atoms with Gasteiger partial charge in [-0.15, -0.1) is 0 Å². The minimum Gasteiger partial charge on any atom is -0.492 e. The summed E-state index contributed by atoms with van der Waals surface area (Å²) in [4.78, 5) is 0. The van der Waals surface area contributed by atoms with E-state index in [0.717, 1.165) is 23.6 Å². The van der Waals surface area contributed by atoms with E-state index >= 15 is 0 Å². The van der Waals surface area contributed by atoms with Gasteiger partial charge in [-0.2, -0.15) is 0 Å². The summed E-state index contributed by atoms with van der Waals surface area (Å²) in [6, 6.07) is 35.1. The smallest absolute Gasteiger partial charge is 0.120 e. The molecule has 0 atom stereocenters. The zero-order chi connectivity index (χ0) is 20.2. The quantitative estimate of drug-likeness (QED) is 0.317. The van der Waals surface area contributed by atoms with Crippen LogP contribution in [-0.4, -0.2) is 11.2 Å². The number of rotatable bonds is 7. The molecule has 0 saturated heterocycles. The number of nitrogens with zero attached hydrogens (tertiary/aromatic N) is 1. The molecule has 0 amide bonds. The van der Waals surface area contributed by atoms with Crippen LogP contribution in [-0.2, 0) is 13.2 Å². The molecule has 0 fully saturated rings. The second-order valence-corrected chi connectivity index (χ2v) is 7.28. The monoisotopic (exact) mass is 393 g/mol. The molecule has 0 radical (unpaired) electrons. The van der Waals surface area contributed by atoms with Crippen LogP contribution in [0.4, 0.5) is 0 Å². The Kier molecular flexibility index (Phi) is 5.09. The van der Waals surface area contributed by atoms with E-state index in [4.69, 9.17) is 9.47 Å². The molecule has 1 aromatic heterocycles. The minimum atomic E-state index is 0.564. The summed E-state index contributed by atoms with van der Waals surface area (Å²) in [7, 11) is 0. The number of hydrogen-bond acceptors (Lipinski definition) is 2. The first kappa shape index (κ1) is 18.3. The number of fused-ring (bicyclic) bond motifs is 3. The van der Waals surface area contributed by atoms with Crippen molar-refractivity contribution in [2.45, 2.75) is 13.2 Å². The Balaban J connectivity index is 1.24. The molecule has 3 heteroatoms. The maximum atomic E-state index is 6.02. The van der Waals surface area contributed by atoms with Crippen LogP contribution >= 0.6 is 0 Å². The Morgan fingerprint density at radius 3 is 1.70 bits per heavy atom. The van der Waals surface area contributed by atoms with Gasteiger partial charge in [0.1, 0.15) is 24.7 Å². The highest BCUT2D eigenvalue weighted by atomic mass is 16.5. The third-order valence-corrected chi connectivity index (χ3v) is 5.34. The lowest BCUT2D eigenvalue weighted by Crippen LogP contribution is -2.08. The highest BCUT2D eigenvalue weighted by molar-refractivity contribution is 6.07.